The summed E-state index contributed by atoms with van der Waals surface area (Å²) in [6.45, 7) is 3.73. The van der Waals surface area contributed by atoms with Crippen molar-refractivity contribution in [1.29, 1.82) is 0 Å². The number of carbonyl (C=O) groups excluding carboxylic acids is 4. The highest BCUT2D eigenvalue weighted by Gasteiger charge is 2.31. The Hall–Kier alpha value is -6.04. The predicted molar refractivity (Wildman–Crippen MR) is 147 cm³/mol. The minimum Gasteiger partial charge on any atom is -0.290 e. The van der Waals surface area contributed by atoms with Crippen LogP contribution in [-0.2, 0) is 31.4 Å². The van der Waals surface area contributed by atoms with E-state index in [2.05, 4.69) is 0 Å². The van der Waals surface area contributed by atoms with Gasteiger partial charge in [0.1, 0.15) is 11.1 Å². The molecule has 222 valence electrons. The minimum atomic E-state index is -0.947. The van der Waals surface area contributed by atoms with Crippen molar-refractivity contribution in [3.05, 3.63) is 118 Å². The Labute approximate surface area is 249 Å². The lowest BCUT2D eigenvalue weighted by atomic mass is 9.76. The second-order valence-electron chi connectivity index (χ2n) is 10.4. The highest BCUT2D eigenvalue weighted by Crippen LogP contribution is 2.34. The van der Waals surface area contributed by atoms with Gasteiger partial charge in [0.15, 0.2) is 23.0 Å². The van der Waals surface area contributed by atoms with E-state index in [1.54, 1.807) is 36.4 Å². The molecular weight excluding hydrogens is 576 g/mol. The topological polar surface area (TPSA) is 142 Å². The standard InChI is InChI=1S/C32H22O12/c1-32(2,25-10-6-5-9-22(25)29(34)42-44-31(36)24-14-12-20-16-27(24)40-38-20)17-18-7-3-4-8-21(18)28(33)41-43-30(35)23-13-11-19-15-26(23)39-37-19/h3-16H,17H2,1-2H3. The summed E-state index contributed by atoms with van der Waals surface area (Å²) in [7, 11) is 0. The lowest BCUT2D eigenvalue weighted by Crippen LogP contribution is -2.26. The molecule has 2 aliphatic rings. The van der Waals surface area contributed by atoms with Gasteiger partial charge in [-0.2, -0.15) is 0 Å². The molecule has 12 heteroatoms. The average Bonchev–Trinajstić information content (AvgIpc) is 3.59. The predicted octanol–water partition coefficient (Wildman–Crippen LogP) is 5.44. The molecule has 4 aromatic carbocycles. The van der Waals surface area contributed by atoms with Crippen molar-refractivity contribution in [2.75, 3.05) is 0 Å². The number of benzene rings is 4. The SMILES string of the molecule is CC(C)(Cc1ccccc1C(=O)OOC(=O)c1ccc2cc1OO2)c1ccccc1C(=O)OOC(=O)c1ccc2cc1OO2. The van der Waals surface area contributed by atoms with E-state index in [1.807, 2.05) is 13.8 Å². The molecule has 4 bridgehead atoms. The zero-order valence-electron chi connectivity index (χ0n) is 23.2. The fourth-order valence-corrected chi connectivity index (χ4v) is 4.80. The van der Waals surface area contributed by atoms with E-state index in [9.17, 15) is 19.2 Å². The summed E-state index contributed by atoms with van der Waals surface area (Å²) in [6, 6.07) is 22.1. The van der Waals surface area contributed by atoms with Gasteiger partial charge in [-0.25, -0.2) is 38.7 Å². The van der Waals surface area contributed by atoms with Crippen LogP contribution >= 0.6 is 0 Å². The summed E-state index contributed by atoms with van der Waals surface area (Å²) < 4.78 is 0. The molecule has 0 fully saturated rings. The van der Waals surface area contributed by atoms with Gasteiger partial charge in [0, 0.05) is 12.1 Å². The lowest BCUT2D eigenvalue weighted by Gasteiger charge is -2.28. The van der Waals surface area contributed by atoms with Crippen LogP contribution in [0.2, 0.25) is 0 Å². The fourth-order valence-electron chi connectivity index (χ4n) is 4.80. The molecule has 6 rings (SSSR count). The number of hydrogen-bond donors (Lipinski definition) is 0. The quantitative estimate of drug-likeness (QED) is 0.198. The maximum atomic E-state index is 13.1. The van der Waals surface area contributed by atoms with E-state index >= 15 is 0 Å². The third-order valence-corrected chi connectivity index (χ3v) is 6.93. The van der Waals surface area contributed by atoms with Gasteiger partial charge in [-0.15, -0.1) is 0 Å². The molecule has 12 nitrogen and oxygen atoms in total. The van der Waals surface area contributed by atoms with Gasteiger partial charge >= 0.3 is 23.9 Å². The van der Waals surface area contributed by atoms with Gasteiger partial charge in [-0.3, -0.25) is 19.6 Å². The number of hydrogen-bond acceptors (Lipinski definition) is 12. The number of fused-ring (bicyclic) bond motifs is 4. The van der Waals surface area contributed by atoms with Crippen LogP contribution in [0.15, 0.2) is 84.9 Å². The van der Waals surface area contributed by atoms with Gasteiger partial charge in [-0.1, -0.05) is 50.2 Å². The highest BCUT2D eigenvalue weighted by molar-refractivity contribution is 5.96. The molecule has 44 heavy (non-hydrogen) atoms. The minimum absolute atomic E-state index is 0.0150. The first-order valence-electron chi connectivity index (χ1n) is 13.2. The van der Waals surface area contributed by atoms with Crippen LogP contribution in [0.5, 0.6) is 23.0 Å². The molecule has 0 atom stereocenters. The van der Waals surface area contributed by atoms with E-state index in [0.29, 0.717) is 22.6 Å². The Balaban J connectivity index is 1.14. The van der Waals surface area contributed by atoms with Gasteiger partial charge in [0.2, 0.25) is 0 Å². The van der Waals surface area contributed by atoms with E-state index < -0.39 is 29.3 Å². The Bertz CT molecular complexity index is 1810. The molecule has 0 saturated heterocycles. The van der Waals surface area contributed by atoms with Crippen molar-refractivity contribution in [3.8, 4) is 23.0 Å². The molecule has 0 amide bonds. The van der Waals surface area contributed by atoms with Gasteiger partial charge < -0.3 is 0 Å². The molecule has 0 spiro atoms. The molecule has 4 aromatic rings. The first-order chi connectivity index (χ1) is 21.2. The molecule has 0 aliphatic carbocycles. The third kappa shape index (κ3) is 5.55. The Morgan fingerprint density at radius 2 is 1.00 bits per heavy atom. The van der Waals surface area contributed by atoms with Gasteiger partial charge in [-0.05, 0) is 59.4 Å². The maximum absolute atomic E-state index is 13.1. The summed E-state index contributed by atoms with van der Waals surface area (Å²) in [5.41, 5.74) is 0.665. The highest BCUT2D eigenvalue weighted by atomic mass is 17.2. The monoisotopic (exact) mass is 598 g/mol. The van der Waals surface area contributed by atoms with Crippen molar-refractivity contribution < 1.29 is 58.3 Å². The zero-order chi connectivity index (χ0) is 30.8. The van der Waals surface area contributed by atoms with Crippen LogP contribution in [0.25, 0.3) is 0 Å². The third-order valence-electron chi connectivity index (χ3n) is 6.93. The van der Waals surface area contributed by atoms with Crippen LogP contribution in [0.1, 0.15) is 66.4 Å². The normalized spacial score (nSPS) is 12.1. The van der Waals surface area contributed by atoms with Crippen LogP contribution in [0.3, 0.4) is 0 Å². The largest absolute Gasteiger partial charge is 0.390 e. The van der Waals surface area contributed by atoms with Crippen LogP contribution in [-0.4, -0.2) is 23.9 Å². The summed E-state index contributed by atoms with van der Waals surface area (Å²) in [5.74, 6) is -2.59. The van der Waals surface area contributed by atoms with Gasteiger partial charge in [0.05, 0.1) is 11.1 Å². The van der Waals surface area contributed by atoms with E-state index in [0.717, 1.165) is 0 Å². The first-order valence-corrected chi connectivity index (χ1v) is 13.2. The molecule has 2 aliphatic heterocycles. The Morgan fingerprint density at radius 3 is 1.57 bits per heavy atom. The average molecular weight is 599 g/mol. The second kappa shape index (κ2) is 11.3. The molecular formula is C32H22O12. The van der Waals surface area contributed by atoms with Crippen LogP contribution < -0.4 is 19.6 Å². The molecule has 0 radical (unpaired) electrons. The van der Waals surface area contributed by atoms with Crippen molar-refractivity contribution in [2.45, 2.75) is 25.7 Å². The zero-order valence-corrected chi connectivity index (χ0v) is 23.2. The van der Waals surface area contributed by atoms with Gasteiger partial charge in [0.25, 0.3) is 0 Å². The van der Waals surface area contributed by atoms with Crippen LogP contribution in [0, 0.1) is 0 Å². The van der Waals surface area contributed by atoms with Crippen molar-refractivity contribution >= 4 is 23.9 Å². The maximum Gasteiger partial charge on any atom is 0.390 e. The summed E-state index contributed by atoms with van der Waals surface area (Å²) in [6.07, 6.45) is 0.250. The number of carbonyl (C=O) groups is 4. The molecule has 0 unspecified atom stereocenters. The molecule has 0 saturated carbocycles. The Kier molecular flexibility index (Phi) is 7.23. The van der Waals surface area contributed by atoms with Crippen LogP contribution in [0.4, 0.5) is 0 Å². The van der Waals surface area contributed by atoms with Crippen molar-refractivity contribution in [3.63, 3.8) is 0 Å². The summed E-state index contributed by atoms with van der Waals surface area (Å²) >= 11 is 0. The summed E-state index contributed by atoms with van der Waals surface area (Å²) in [4.78, 5) is 89.9. The smallest absolute Gasteiger partial charge is 0.290 e. The lowest BCUT2D eigenvalue weighted by molar-refractivity contribution is -0.188. The Morgan fingerprint density at radius 1 is 0.545 bits per heavy atom. The molecule has 2 heterocycles. The van der Waals surface area contributed by atoms with E-state index in [-0.39, 0.29) is 40.2 Å². The van der Waals surface area contributed by atoms with E-state index in [4.69, 9.17) is 39.1 Å². The second-order valence-corrected chi connectivity index (χ2v) is 10.4. The first kappa shape index (κ1) is 28.1. The number of rotatable bonds is 7. The molecule has 0 N–H and O–H groups in total. The van der Waals surface area contributed by atoms with Crippen molar-refractivity contribution in [1.82, 2.24) is 0 Å². The van der Waals surface area contributed by atoms with Crippen molar-refractivity contribution in [2.24, 2.45) is 0 Å². The van der Waals surface area contributed by atoms with E-state index in [1.165, 1.54) is 48.5 Å². The molecule has 0 aromatic heterocycles. The fraction of sp³-hybridized carbons (Fsp3) is 0.125. The summed E-state index contributed by atoms with van der Waals surface area (Å²) in [5, 5.41) is 0.